The number of hydrazone groups is 1. The van der Waals surface area contributed by atoms with E-state index in [9.17, 15) is 14.0 Å². The molecule has 6 rings (SSSR count). The van der Waals surface area contributed by atoms with E-state index >= 15 is 0 Å². The Morgan fingerprint density at radius 3 is 2.38 bits per heavy atom. The predicted molar refractivity (Wildman–Crippen MR) is 153 cm³/mol. The van der Waals surface area contributed by atoms with E-state index in [-0.39, 0.29) is 35.8 Å². The van der Waals surface area contributed by atoms with Gasteiger partial charge >= 0.3 is 5.97 Å². The first-order chi connectivity index (χ1) is 19.4. The molecular weight excluding hydrogens is 505 g/mol. The molecule has 6 nitrogen and oxygen atoms in total. The van der Waals surface area contributed by atoms with E-state index in [1.165, 1.54) is 29.7 Å². The highest BCUT2D eigenvalue weighted by atomic mass is 19.1. The quantitative estimate of drug-likeness (QED) is 0.316. The Labute approximate surface area is 230 Å². The number of hydrogen-bond donors (Lipinski definition) is 2. The van der Waals surface area contributed by atoms with E-state index in [1.807, 2.05) is 35.6 Å². The van der Waals surface area contributed by atoms with Crippen LogP contribution in [0.3, 0.4) is 0 Å². The summed E-state index contributed by atoms with van der Waals surface area (Å²) in [6, 6.07) is 26.9. The van der Waals surface area contributed by atoms with Gasteiger partial charge < -0.3 is 10.4 Å². The fourth-order valence-electron chi connectivity index (χ4n) is 5.28. The number of carboxylic acid groups (broad SMARTS) is 1. The van der Waals surface area contributed by atoms with Gasteiger partial charge in [0.15, 0.2) is 0 Å². The fraction of sp³-hybridized carbons (Fsp3) is 0.121. The third-order valence-corrected chi connectivity index (χ3v) is 7.36. The summed E-state index contributed by atoms with van der Waals surface area (Å²) in [6.07, 6.45) is 6.36. The molecule has 2 heterocycles. The van der Waals surface area contributed by atoms with Gasteiger partial charge in [-0.2, -0.15) is 5.10 Å². The first-order valence-corrected chi connectivity index (χ1v) is 13.0. The number of aromatic carboxylic acids is 1. The number of hydrogen-bond acceptors (Lipinski definition) is 4. The molecule has 0 spiro atoms. The van der Waals surface area contributed by atoms with E-state index in [2.05, 4.69) is 40.8 Å². The van der Waals surface area contributed by atoms with E-state index in [1.54, 1.807) is 24.3 Å². The average Bonchev–Trinajstić information content (AvgIpc) is 3.38. The van der Waals surface area contributed by atoms with Crippen LogP contribution in [-0.2, 0) is 17.8 Å². The Hall–Kier alpha value is -5.04. The third-order valence-electron chi connectivity index (χ3n) is 7.36. The van der Waals surface area contributed by atoms with Gasteiger partial charge in [-0.15, -0.1) is 0 Å². The van der Waals surface area contributed by atoms with Crippen LogP contribution in [0.25, 0.3) is 16.3 Å². The average molecular weight is 532 g/mol. The van der Waals surface area contributed by atoms with Crippen molar-refractivity contribution in [2.75, 3.05) is 0 Å². The first kappa shape index (κ1) is 25.2. The summed E-state index contributed by atoms with van der Waals surface area (Å²) in [4.78, 5) is 24.8. The van der Waals surface area contributed by atoms with Crippen molar-refractivity contribution in [1.29, 1.82) is 0 Å². The fourth-order valence-corrected chi connectivity index (χ4v) is 5.28. The van der Waals surface area contributed by atoms with E-state index in [0.29, 0.717) is 12.0 Å². The lowest BCUT2D eigenvalue weighted by Gasteiger charge is -2.31. The highest BCUT2D eigenvalue weighted by Gasteiger charge is 2.38. The molecule has 2 unspecified atom stereocenters. The number of benzene rings is 4. The maximum atomic E-state index is 13.7. The van der Waals surface area contributed by atoms with Crippen LogP contribution in [0.1, 0.15) is 27.0 Å². The molecule has 0 saturated heterocycles. The van der Waals surface area contributed by atoms with Gasteiger partial charge in [-0.25, -0.2) is 9.18 Å². The Morgan fingerprint density at radius 1 is 0.900 bits per heavy atom. The first-order valence-electron chi connectivity index (χ1n) is 13.0. The molecule has 2 aliphatic heterocycles. The van der Waals surface area contributed by atoms with Gasteiger partial charge in [0, 0.05) is 36.0 Å². The van der Waals surface area contributed by atoms with E-state index in [0.717, 1.165) is 27.6 Å². The largest absolute Gasteiger partial charge is 0.478 e. The van der Waals surface area contributed by atoms with Crippen molar-refractivity contribution < 1.29 is 19.1 Å². The number of fused-ring (bicyclic) bond motifs is 2. The molecule has 0 saturated carbocycles. The number of nitrogens with one attached hydrogen (secondary N) is 1. The highest BCUT2D eigenvalue weighted by Crippen LogP contribution is 2.35. The minimum absolute atomic E-state index is 0.0426. The highest BCUT2D eigenvalue weighted by molar-refractivity contribution is 5.99. The molecule has 2 aliphatic rings. The standard InChI is InChI=1S/C33H26FN3O3/c34-29-13-11-24(12-14-29)28-17-30(32(38)35-18-21-5-9-25(10-6-21)33(39)40)31-27(19-36-37(31)20-28)16-22-7-8-23-3-1-2-4-26(23)15-22/h1-15,17,19-20,27,31H,16,18H2,(H,35,38)(H,39,40). The predicted octanol–water partition coefficient (Wildman–Crippen LogP) is 5.80. The van der Waals surface area contributed by atoms with Crippen molar-refractivity contribution in [2.45, 2.75) is 19.0 Å². The summed E-state index contributed by atoms with van der Waals surface area (Å²) < 4.78 is 13.6. The van der Waals surface area contributed by atoms with Crippen molar-refractivity contribution in [1.82, 2.24) is 10.3 Å². The van der Waals surface area contributed by atoms with Crippen molar-refractivity contribution in [3.8, 4) is 0 Å². The third kappa shape index (κ3) is 5.14. The molecule has 0 fully saturated rings. The SMILES string of the molecule is O=C(NCc1ccc(C(=O)O)cc1)C1=CC(c2ccc(F)cc2)=CN2N=CC(Cc3ccc4ccccc4c3)C12. The van der Waals surface area contributed by atoms with Gasteiger partial charge in [0.1, 0.15) is 5.82 Å². The molecule has 4 aromatic rings. The number of carbonyl (C=O) groups is 2. The van der Waals surface area contributed by atoms with Crippen molar-refractivity contribution in [3.63, 3.8) is 0 Å². The minimum atomic E-state index is -0.998. The Balaban J connectivity index is 1.27. The summed E-state index contributed by atoms with van der Waals surface area (Å²) in [7, 11) is 0. The van der Waals surface area contributed by atoms with Gasteiger partial charge in [-0.05, 0) is 64.2 Å². The zero-order valence-corrected chi connectivity index (χ0v) is 21.5. The second-order valence-electron chi connectivity index (χ2n) is 10.0. The summed E-state index contributed by atoms with van der Waals surface area (Å²) in [6.45, 7) is 0.245. The van der Waals surface area contributed by atoms with Crippen LogP contribution in [0.5, 0.6) is 0 Å². The molecule has 198 valence electrons. The summed E-state index contributed by atoms with van der Waals surface area (Å²) in [5.74, 6) is -1.61. The Morgan fingerprint density at radius 2 is 1.62 bits per heavy atom. The van der Waals surface area contributed by atoms with Crippen LogP contribution in [0.15, 0.2) is 114 Å². The topological polar surface area (TPSA) is 82.0 Å². The summed E-state index contributed by atoms with van der Waals surface area (Å²) in [5.41, 5.74) is 4.24. The van der Waals surface area contributed by atoms with Crippen LogP contribution in [0, 0.1) is 11.7 Å². The van der Waals surface area contributed by atoms with E-state index < -0.39 is 5.97 Å². The number of amides is 1. The molecule has 2 atom stereocenters. The lowest BCUT2D eigenvalue weighted by atomic mass is 9.85. The minimum Gasteiger partial charge on any atom is -0.478 e. The van der Waals surface area contributed by atoms with Gasteiger partial charge in [-0.3, -0.25) is 9.80 Å². The number of rotatable bonds is 7. The second-order valence-corrected chi connectivity index (χ2v) is 10.0. The number of allylic oxidation sites excluding steroid dienone is 2. The van der Waals surface area contributed by atoms with Gasteiger partial charge in [0.2, 0.25) is 5.91 Å². The molecule has 7 heteroatoms. The lowest BCUT2D eigenvalue weighted by molar-refractivity contribution is -0.118. The molecule has 0 aliphatic carbocycles. The van der Waals surface area contributed by atoms with Crippen molar-refractivity contribution in [3.05, 3.63) is 137 Å². The molecule has 0 aromatic heterocycles. The maximum Gasteiger partial charge on any atom is 0.335 e. The molecule has 2 N–H and O–H groups in total. The zero-order valence-electron chi connectivity index (χ0n) is 21.5. The Bertz CT molecular complexity index is 1690. The summed E-state index contributed by atoms with van der Waals surface area (Å²) in [5, 5.41) is 21.0. The van der Waals surface area contributed by atoms with E-state index in [4.69, 9.17) is 5.11 Å². The molecule has 4 aromatic carbocycles. The second kappa shape index (κ2) is 10.6. The molecule has 1 amide bonds. The van der Waals surface area contributed by atoms with Crippen LogP contribution >= 0.6 is 0 Å². The number of carboxylic acids is 1. The summed E-state index contributed by atoms with van der Waals surface area (Å²) >= 11 is 0. The van der Waals surface area contributed by atoms with Crippen LogP contribution < -0.4 is 5.32 Å². The number of nitrogens with zero attached hydrogens (tertiary/aromatic N) is 2. The normalized spacial score (nSPS) is 17.8. The number of halogens is 1. The number of carbonyl (C=O) groups excluding carboxylic acids is 1. The molecular formula is C33H26FN3O3. The maximum absolute atomic E-state index is 13.7. The van der Waals surface area contributed by atoms with Gasteiger partial charge in [-0.1, -0.05) is 66.7 Å². The van der Waals surface area contributed by atoms with Crippen LogP contribution in [-0.4, -0.2) is 34.2 Å². The molecule has 40 heavy (non-hydrogen) atoms. The van der Waals surface area contributed by atoms with Crippen LogP contribution in [0.4, 0.5) is 4.39 Å². The smallest absolute Gasteiger partial charge is 0.335 e. The monoisotopic (exact) mass is 531 g/mol. The van der Waals surface area contributed by atoms with Gasteiger partial charge in [0.25, 0.3) is 0 Å². The van der Waals surface area contributed by atoms with Gasteiger partial charge in [0.05, 0.1) is 11.6 Å². The van der Waals surface area contributed by atoms with Crippen molar-refractivity contribution >= 4 is 34.4 Å². The Kier molecular flexibility index (Phi) is 6.70. The van der Waals surface area contributed by atoms with Crippen LogP contribution in [0.2, 0.25) is 0 Å². The molecule has 0 radical (unpaired) electrons. The van der Waals surface area contributed by atoms with Crippen molar-refractivity contribution in [2.24, 2.45) is 11.0 Å². The zero-order chi connectivity index (χ0) is 27.6. The lowest BCUT2D eigenvalue weighted by Crippen LogP contribution is -2.40. The molecule has 0 bridgehead atoms.